The van der Waals surface area contributed by atoms with Crippen LogP contribution in [0.4, 0.5) is 0 Å². The van der Waals surface area contributed by atoms with Crippen molar-refractivity contribution in [1.82, 2.24) is 5.32 Å². The predicted octanol–water partition coefficient (Wildman–Crippen LogP) is 17.5. The van der Waals surface area contributed by atoms with Crippen LogP contribution in [0.15, 0.2) is 85.1 Å². The minimum atomic E-state index is -0.809. The van der Waals surface area contributed by atoms with E-state index in [-0.39, 0.29) is 24.9 Å². The van der Waals surface area contributed by atoms with Gasteiger partial charge in [-0.1, -0.05) is 247 Å². The highest BCUT2D eigenvalue weighted by Crippen LogP contribution is 2.17. The van der Waals surface area contributed by atoms with Gasteiger partial charge in [-0.3, -0.25) is 9.59 Å². The van der Waals surface area contributed by atoms with E-state index >= 15 is 0 Å². The molecule has 0 bridgehead atoms. The van der Waals surface area contributed by atoms with Gasteiger partial charge in [0.05, 0.1) is 25.2 Å². The van der Waals surface area contributed by atoms with Crippen molar-refractivity contribution in [2.75, 3.05) is 6.61 Å². The number of amides is 1. The Balaban J connectivity index is 4.65. The lowest BCUT2D eigenvalue weighted by Crippen LogP contribution is -2.46. The highest BCUT2D eigenvalue weighted by molar-refractivity contribution is 5.77. The molecule has 0 aliphatic carbocycles. The van der Waals surface area contributed by atoms with Crippen LogP contribution in [-0.2, 0) is 14.3 Å². The lowest BCUT2D eigenvalue weighted by Gasteiger charge is -2.24. The van der Waals surface area contributed by atoms with E-state index < -0.39 is 18.2 Å². The molecule has 3 atom stereocenters. The zero-order valence-corrected chi connectivity index (χ0v) is 44.0. The number of aliphatic hydroxyl groups is 2. The monoisotopic (exact) mass is 934 g/mol. The van der Waals surface area contributed by atoms with Crippen LogP contribution in [0.1, 0.15) is 265 Å². The summed E-state index contributed by atoms with van der Waals surface area (Å²) in [6, 6.07) is -0.726. The summed E-state index contributed by atoms with van der Waals surface area (Å²) < 4.78 is 5.92. The smallest absolute Gasteiger partial charge is 0.306 e. The second-order valence-corrected chi connectivity index (χ2v) is 18.9. The first kappa shape index (κ1) is 64.0. The van der Waals surface area contributed by atoms with Gasteiger partial charge in [0, 0.05) is 6.42 Å². The average molecular weight is 935 g/mol. The third-order valence-corrected chi connectivity index (χ3v) is 12.5. The van der Waals surface area contributed by atoms with Gasteiger partial charge in [-0.05, 0) is 89.9 Å². The first-order chi connectivity index (χ1) is 33.0. The molecule has 67 heavy (non-hydrogen) atoms. The van der Waals surface area contributed by atoms with Crippen LogP contribution < -0.4 is 5.32 Å². The van der Waals surface area contributed by atoms with E-state index in [4.69, 9.17) is 4.74 Å². The van der Waals surface area contributed by atoms with E-state index in [2.05, 4.69) is 111 Å². The first-order valence-electron chi connectivity index (χ1n) is 28.3. The summed E-state index contributed by atoms with van der Waals surface area (Å²) in [6.45, 7) is 6.26. The Morgan fingerprint density at radius 3 is 1.25 bits per heavy atom. The molecule has 6 heteroatoms. The van der Waals surface area contributed by atoms with Crippen LogP contribution in [0.3, 0.4) is 0 Å². The number of allylic oxidation sites excluding steroid dienone is 14. The normalized spacial score (nSPS) is 13.8. The fourth-order valence-corrected chi connectivity index (χ4v) is 8.27. The SMILES string of the molecule is CC/C=C\C/C=C\C/C=C\C/C=C\C/C=C\CCCC(CC(=O)NC(CO)C(O)CCCCCCCCCCCCCCCCCCC)OC(=O)CCCCCCCCC/C=C/C/C=C/CC. The Hall–Kier alpha value is -2.96. The third kappa shape index (κ3) is 49.3. The molecule has 0 rings (SSSR count). The average Bonchev–Trinajstić information content (AvgIpc) is 3.32. The maximum atomic E-state index is 13.3. The van der Waals surface area contributed by atoms with Gasteiger partial charge in [-0.25, -0.2) is 0 Å². The molecule has 3 unspecified atom stereocenters. The van der Waals surface area contributed by atoms with E-state index in [9.17, 15) is 19.8 Å². The largest absolute Gasteiger partial charge is 0.462 e. The number of esters is 1. The zero-order valence-electron chi connectivity index (χ0n) is 44.0. The van der Waals surface area contributed by atoms with Gasteiger partial charge in [-0.15, -0.1) is 0 Å². The molecular formula is C61H107NO5. The van der Waals surface area contributed by atoms with Crippen LogP contribution >= 0.6 is 0 Å². The topological polar surface area (TPSA) is 95.9 Å². The lowest BCUT2D eigenvalue weighted by molar-refractivity contribution is -0.151. The molecule has 0 aliphatic heterocycles. The standard InChI is InChI=1S/C61H107NO5/c1-4-7-10-13-16-19-22-25-28-30-32-34-37-40-43-46-49-52-57(67-61(66)54-51-48-45-42-39-36-27-24-21-18-15-12-9-6-3)55-60(65)62-58(56-63)59(64)53-50-47-44-41-38-35-33-31-29-26-23-20-17-14-11-8-5-2/h7,9-10,12,16,18-19,21,25,28,32,34,40,43,57-59,63-64H,4-6,8,11,13-15,17,20,22-24,26-27,29-31,33,35-39,41-42,44-56H2,1-3H3,(H,62,65)/b10-7-,12-9+,19-16-,21-18+,28-25-,34-32-,43-40-. The third-order valence-electron chi connectivity index (χ3n) is 12.5. The summed E-state index contributed by atoms with van der Waals surface area (Å²) in [7, 11) is 0. The van der Waals surface area contributed by atoms with Gasteiger partial charge >= 0.3 is 5.97 Å². The number of rotatable bonds is 50. The maximum absolute atomic E-state index is 13.3. The summed E-state index contributed by atoms with van der Waals surface area (Å²) in [4.78, 5) is 26.2. The molecule has 0 saturated carbocycles. The van der Waals surface area contributed by atoms with Crippen LogP contribution in [0.25, 0.3) is 0 Å². The molecule has 386 valence electrons. The molecule has 0 aromatic carbocycles. The van der Waals surface area contributed by atoms with Gasteiger partial charge in [0.25, 0.3) is 0 Å². The molecule has 0 aliphatic rings. The molecule has 0 aromatic heterocycles. The summed E-state index contributed by atoms with van der Waals surface area (Å²) in [5.74, 6) is -0.539. The van der Waals surface area contributed by atoms with Crippen molar-refractivity contribution >= 4 is 11.9 Å². The Morgan fingerprint density at radius 1 is 0.448 bits per heavy atom. The summed E-state index contributed by atoms with van der Waals surface area (Å²) >= 11 is 0. The fourth-order valence-electron chi connectivity index (χ4n) is 8.27. The van der Waals surface area contributed by atoms with Crippen LogP contribution in [-0.4, -0.2) is 46.9 Å². The molecule has 0 radical (unpaired) electrons. The molecular weight excluding hydrogens is 827 g/mol. The number of aliphatic hydroxyl groups excluding tert-OH is 2. The van der Waals surface area contributed by atoms with Crippen molar-refractivity contribution in [3.8, 4) is 0 Å². The number of nitrogens with one attached hydrogen (secondary N) is 1. The molecule has 1 amide bonds. The Labute approximate surface area is 414 Å². The van der Waals surface area contributed by atoms with Crippen LogP contribution in [0.2, 0.25) is 0 Å². The first-order valence-corrected chi connectivity index (χ1v) is 28.3. The van der Waals surface area contributed by atoms with Crippen LogP contribution in [0.5, 0.6) is 0 Å². The minimum Gasteiger partial charge on any atom is -0.462 e. The molecule has 0 spiro atoms. The Morgan fingerprint density at radius 2 is 0.821 bits per heavy atom. The zero-order chi connectivity index (χ0) is 48.8. The molecule has 0 saturated heterocycles. The van der Waals surface area contributed by atoms with Gasteiger partial charge in [0.2, 0.25) is 5.91 Å². The van der Waals surface area contributed by atoms with Crippen molar-refractivity contribution in [1.29, 1.82) is 0 Å². The van der Waals surface area contributed by atoms with E-state index in [0.29, 0.717) is 19.3 Å². The Bertz CT molecular complexity index is 1280. The maximum Gasteiger partial charge on any atom is 0.306 e. The summed E-state index contributed by atoms with van der Waals surface area (Å²) in [6.07, 6.45) is 70.8. The lowest BCUT2D eigenvalue weighted by atomic mass is 10.0. The molecule has 6 nitrogen and oxygen atoms in total. The molecule has 0 fully saturated rings. The quantitative estimate of drug-likeness (QED) is 0.0321. The van der Waals surface area contributed by atoms with Crippen LogP contribution in [0, 0.1) is 0 Å². The van der Waals surface area contributed by atoms with Gasteiger partial charge in [0.1, 0.15) is 6.10 Å². The van der Waals surface area contributed by atoms with E-state index in [1.807, 2.05) is 0 Å². The molecule has 3 N–H and O–H groups in total. The second kappa shape index (κ2) is 54.0. The summed E-state index contributed by atoms with van der Waals surface area (Å²) in [5.41, 5.74) is 0. The minimum absolute atomic E-state index is 0.0321. The molecule has 0 aromatic rings. The van der Waals surface area contributed by atoms with Gasteiger partial charge < -0.3 is 20.3 Å². The number of ether oxygens (including phenoxy) is 1. The fraction of sp³-hybridized carbons (Fsp3) is 0.738. The van der Waals surface area contributed by atoms with E-state index in [1.165, 1.54) is 116 Å². The highest BCUT2D eigenvalue weighted by Gasteiger charge is 2.24. The van der Waals surface area contributed by atoms with E-state index in [1.54, 1.807) is 0 Å². The summed E-state index contributed by atoms with van der Waals surface area (Å²) in [5, 5.41) is 23.9. The van der Waals surface area contributed by atoms with Gasteiger partial charge in [-0.2, -0.15) is 0 Å². The number of unbranched alkanes of at least 4 members (excludes halogenated alkanes) is 24. The number of hydrogen-bond donors (Lipinski definition) is 3. The highest BCUT2D eigenvalue weighted by atomic mass is 16.5. The predicted molar refractivity (Wildman–Crippen MR) is 291 cm³/mol. The van der Waals surface area contributed by atoms with Crippen molar-refractivity contribution in [2.24, 2.45) is 0 Å². The number of carbonyl (C=O) groups excluding carboxylic acids is 2. The van der Waals surface area contributed by atoms with Gasteiger partial charge in [0.15, 0.2) is 0 Å². The van der Waals surface area contributed by atoms with Crippen molar-refractivity contribution < 1.29 is 24.5 Å². The Kier molecular flexibility index (Phi) is 51.6. The van der Waals surface area contributed by atoms with Crippen molar-refractivity contribution in [3.05, 3.63) is 85.1 Å². The number of carbonyl (C=O) groups is 2. The van der Waals surface area contributed by atoms with E-state index in [0.717, 1.165) is 103 Å². The van der Waals surface area contributed by atoms with Crippen molar-refractivity contribution in [2.45, 2.75) is 283 Å². The van der Waals surface area contributed by atoms with Crippen molar-refractivity contribution in [3.63, 3.8) is 0 Å². The molecule has 0 heterocycles. The second-order valence-electron chi connectivity index (χ2n) is 18.9. The number of hydrogen-bond acceptors (Lipinski definition) is 5.